The van der Waals surface area contributed by atoms with Crippen LogP contribution in [-0.4, -0.2) is 45.3 Å². The summed E-state index contributed by atoms with van der Waals surface area (Å²) in [6.07, 6.45) is 0.553. The summed E-state index contributed by atoms with van der Waals surface area (Å²) in [4.78, 5) is 10.2. The predicted octanol–water partition coefficient (Wildman–Crippen LogP) is 3.59. The fourth-order valence-corrected chi connectivity index (χ4v) is 2.51. The number of likely N-dealkylation sites (N-methyl/N-ethyl adjacent to an activating group) is 1. The molecule has 5 nitrogen and oxygen atoms in total. The molecule has 0 saturated carbocycles. The molecule has 0 unspecified atom stereocenters. The molecule has 1 aromatic carbocycles. The highest BCUT2D eigenvalue weighted by molar-refractivity contribution is 5.78. The molecule has 0 radical (unpaired) electrons. The number of hydrogen-bond donors (Lipinski definition) is 0. The second-order valence-corrected chi connectivity index (χ2v) is 6.13. The van der Waals surface area contributed by atoms with Crippen molar-refractivity contribution in [1.82, 2.24) is 24.6 Å². The van der Waals surface area contributed by atoms with Crippen LogP contribution in [0.15, 0.2) is 49.1 Å². The van der Waals surface area contributed by atoms with Gasteiger partial charge < -0.3 is 4.90 Å². The number of rotatable bonds is 5. The zero-order valence-electron chi connectivity index (χ0n) is 14.4. The maximum atomic E-state index is 12.8. The van der Waals surface area contributed by atoms with Gasteiger partial charge in [0.25, 0.3) is 0 Å². The highest BCUT2D eigenvalue weighted by Crippen LogP contribution is 2.33. The summed E-state index contributed by atoms with van der Waals surface area (Å²) in [6, 6.07) is 6.76. The Morgan fingerprint density at radius 2 is 1.81 bits per heavy atom. The van der Waals surface area contributed by atoms with Gasteiger partial charge in [-0.25, -0.2) is 9.97 Å². The number of nitrogens with zero attached hydrogens (tertiary/aromatic N) is 5. The SMILES string of the molecule is CN(C)CCn1cc(-c2ccncn2)c(-c2ccc(C(F)(F)F)cc2)n1. The summed E-state index contributed by atoms with van der Waals surface area (Å²) in [5.74, 6) is 0. The van der Waals surface area contributed by atoms with Gasteiger partial charge in [-0.05, 0) is 32.3 Å². The zero-order valence-corrected chi connectivity index (χ0v) is 14.4. The van der Waals surface area contributed by atoms with Crippen molar-refractivity contribution in [2.24, 2.45) is 0 Å². The van der Waals surface area contributed by atoms with Gasteiger partial charge in [-0.1, -0.05) is 12.1 Å². The van der Waals surface area contributed by atoms with E-state index < -0.39 is 11.7 Å². The van der Waals surface area contributed by atoms with Gasteiger partial charge in [0, 0.05) is 30.1 Å². The van der Waals surface area contributed by atoms with Crippen LogP contribution in [0, 0.1) is 0 Å². The Hall–Kier alpha value is -2.74. The number of hydrogen-bond acceptors (Lipinski definition) is 4. The second kappa shape index (κ2) is 7.25. The quantitative estimate of drug-likeness (QED) is 0.697. The molecule has 2 aromatic heterocycles. The average molecular weight is 361 g/mol. The third-order valence-electron chi connectivity index (χ3n) is 3.88. The van der Waals surface area contributed by atoms with Crippen molar-refractivity contribution in [3.05, 3.63) is 54.6 Å². The van der Waals surface area contributed by atoms with Crippen molar-refractivity contribution >= 4 is 0 Å². The minimum absolute atomic E-state index is 0.594. The Kier molecular flexibility index (Phi) is 5.03. The molecule has 0 amide bonds. The molecule has 0 N–H and O–H groups in total. The maximum absolute atomic E-state index is 12.8. The molecule has 0 bridgehead atoms. The fourth-order valence-electron chi connectivity index (χ4n) is 2.51. The van der Waals surface area contributed by atoms with Gasteiger partial charge in [0.05, 0.1) is 17.8 Å². The van der Waals surface area contributed by atoms with E-state index in [2.05, 4.69) is 15.1 Å². The standard InChI is InChI=1S/C18H18F3N5/c1-25(2)9-10-26-11-15(16-7-8-22-12-23-16)17(24-26)13-3-5-14(6-4-13)18(19,20)21/h3-8,11-12H,9-10H2,1-2H3. The number of halogens is 3. The largest absolute Gasteiger partial charge is 0.416 e. The van der Waals surface area contributed by atoms with Gasteiger partial charge in [0.2, 0.25) is 0 Å². The first-order chi connectivity index (χ1) is 12.3. The van der Waals surface area contributed by atoms with E-state index in [1.165, 1.54) is 18.5 Å². The topological polar surface area (TPSA) is 46.8 Å². The minimum atomic E-state index is -4.36. The van der Waals surface area contributed by atoms with Crippen LogP contribution < -0.4 is 0 Å². The van der Waals surface area contributed by atoms with Crippen LogP contribution in [-0.2, 0) is 12.7 Å². The summed E-state index contributed by atoms with van der Waals surface area (Å²) < 4.78 is 40.2. The smallest absolute Gasteiger partial charge is 0.308 e. The maximum Gasteiger partial charge on any atom is 0.416 e. The molecule has 0 aliphatic rings. The van der Waals surface area contributed by atoms with Crippen LogP contribution in [0.25, 0.3) is 22.5 Å². The van der Waals surface area contributed by atoms with Gasteiger partial charge in [-0.15, -0.1) is 0 Å². The lowest BCUT2D eigenvalue weighted by Crippen LogP contribution is -2.18. The molecular weight excluding hydrogens is 343 g/mol. The van der Waals surface area contributed by atoms with Gasteiger partial charge in [0.15, 0.2) is 0 Å². The molecule has 0 atom stereocenters. The van der Waals surface area contributed by atoms with Crippen LogP contribution in [0.3, 0.4) is 0 Å². The van der Waals surface area contributed by atoms with Crippen LogP contribution in [0.1, 0.15) is 5.56 Å². The normalized spacial score (nSPS) is 11.9. The van der Waals surface area contributed by atoms with Crippen molar-refractivity contribution in [3.8, 4) is 22.5 Å². The van der Waals surface area contributed by atoms with Crippen LogP contribution >= 0.6 is 0 Å². The minimum Gasteiger partial charge on any atom is -0.308 e. The Morgan fingerprint density at radius 1 is 1.08 bits per heavy atom. The van der Waals surface area contributed by atoms with Gasteiger partial charge in [0.1, 0.15) is 12.0 Å². The van der Waals surface area contributed by atoms with Gasteiger partial charge in [-0.2, -0.15) is 18.3 Å². The summed E-state index contributed by atoms with van der Waals surface area (Å²) in [6.45, 7) is 1.45. The number of alkyl halides is 3. The average Bonchev–Trinajstić information content (AvgIpc) is 3.04. The lowest BCUT2D eigenvalue weighted by atomic mass is 10.0. The highest BCUT2D eigenvalue weighted by atomic mass is 19.4. The molecule has 0 aliphatic carbocycles. The van der Waals surface area contributed by atoms with E-state index in [0.29, 0.717) is 23.5 Å². The first-order valence-electron chi connectivity index (χ1n) is 8.01. The number of benzene rings is 1. The van der Waals surface area contributed by atoms with Crippen molar-refractivity contribution < 1.29 is 13.2 Å². The third-order valence-corrected chi connectivity index (χ3v) is 3.88. The molecule has 3 aromatic rings. The first-order valence-corrected chi connectivity index (χ1v) is 8.01. The van der Waals surface area contributed by atoms with Crippen molar-refractivity contribution in [2.45, 2.75) is 12.7 Å². The lowest BCUT2D eigenvalue weighted by molar-refractivity contribution is -0.137. The van der Waals surface area contributed by atoms with E-state index in [0.717, 1.165) is 24.2 Å². The van der Waals surface area contributed by atoms with E-state index in [9.17, 15) is 13.2 Å². The fraction of sp³-hybridized carbons (Fsp3) is 0.278. The number of aromatic nitrogens is 4. The molecular formula is C18H18F3N5. The lowest BCUT2D eigenvalue weighted by Gasteiger charge is -2.09. The monoisotopic (exact) mass is 361 g/mol. The summed E-state index contributed by atoms with van der Waals surface area (Å²) in [5.41, 5.74) is 1.94. The van der Waals surface area contributed by atoms with Crippen LogP contribution in [0.4, 0.5) is 13.2 Å². The first kappa shape index (κ1) is 18.1. The van der Waals surface area contributed by atoms with E-state index in [1.54, 1.807) is 16.9 Å². The van der Waals surface area contributed by atoms with Crippen molar-refractivity contribution in [1.29, 1.82) is 0 Å². The molecule has 0 spiro atoms. The molecule has 0 aliphatic heterocycles. The second-order valence-electron chi connectivity index (χ2n) is 6.13. The van der Waals surface area contributed by atoms with E-state index in [4.69, 9.17) is 0 Å². The van der Waals surface area contributed by atoms with Crippen molar-refractivity contribution in [2.75, 3.05) is 20.6 Å². The van der Waals surface area contributed by atoms with Gasteiger partial charge >= 0.3 is 6.18 Å². The Morgan fingerprint density at radius 3 is 2.38 bits per heavy atom. The van der Waals surface area contributed by atoms with E-state index in [-0.39, 0.29) is 0 Å². The van der Waals surface area contributed by atoms with Gasteiger partial charge in [-0.3, -0.25) is 4.68 Å². The molecule has 2 heterocycles. The summed E-state index contributed by atoms with van der Waals surface area (Å²) in [7, 11) is 3.93. The third kappa shape index (κ3) is 4.08. The zero-order chi connectivity index (χ0) is 18.7. The molecule has 0 fully saturated rings. The Labute approximate surface area is 149 Å². The van der Waals surface area contributed by atoms with Crippen LogP contribution in [0.5, 0.6) is 0 Å². The molecule has 3 rings (SSSR count). The molecule has 136 valence electrons. The molecule has 8 heteroatoms. The van der Waals surface area contributed by atoms with E-state index in [1.807, 2.05) is 25.2 Å². The summed E-state index contributed by atoms with van der Waals surface area (Å²) >= 11 is 0. The Bertz CT molecular complexity index is 855. The summed E-state index contributed by atoms with van der Waals surface area (Å²) in [5, 5.41) is 4.57. The molecule has 26 heavy (non-hydrogen) atoms. The Balaban J connectivity index is 2.01. The molecule has 0 saturated heterocycles. The van der Waals surface area contributed by atoms with Crippen molar-refractivity contribution in [3.63, 3.8) is 0 Å². The predicted molar refractivity (Wildman–Crippen MR) is 92.2 cm³/mol. The van der Waals surface area contributed by atoms with E-state index >= 15 is 0 Å². The highest BCUT2D eigenvalue weighted by Gasteiger charge is 2.30. The van der Waals surface area contributed by atoms with Crippen LogP contribution in [0.2, 0.25) is 0 Å².